The van der Waals surface area contributed by atoms with Crippen molar-refractivity contribution in [1.29, 1.82) is 0 Å². The van der Waals surface area contributed by atoms with Gasteiger partial charge in [0.05, 0.1) is 11.3 Å². The summed E-state index contributed by atoms with van der Waals surface area (Å²) in [6, 6.07) is 3.70. The summed E-state index contributed by atoms with van der Waals surface area (Å²) < 4.78 is 5.46. The summed E-state index contributed by atoms with van der Waals surface area (Å²) >= 11 is 1.44. The number of ketones is 2. The molecule has 4 nitrogen and oxygen atoms in total. The maximum atomic E-state index is 13.2. The highest BCUT2D eigenvalue weighted by Gasteiger charge is 2.55. The first-order valence-corrected chi connectivity index (χ1v) is 11.0. The number of carbonyl (C=O) groups is 3. The Morgan fingerprint density at radius 3 is 2.19 bits per heavy atom. The number of aryl methyl sites for hydroxylation is 1. The summed E-state index contributed by atoms with van der Waals surface area (Å²) in [6.07, 6.45) is 6.27. The van der Waals surface area contributed by atoms with E-state index in [1.165, 1.54) is 30.6 Å². The monoisotopic (exact) mass is 388 g/mol. The van der Waals surface area contributed by atoms with Crippen LogP contribution in [0.1, 0.15) is 72.8 Å². The van der Waals surface area contributed by atoms with Crippen LogP contribution >= 0.6 is 11.3 Å². The molecule has 5 rings (SSSR count). The fourth-order valence-electron chi connectivity index (χ4n) is 6.08. The average Bonchev–Trinajstić information content (AvgIpc) is 3.04. The van der Waals surface area contributed by atoms with Crippen LogP contribution in [0.2, 0.25) is 0 Å². The zero-order valence-corrected chi connectivity index (χ0v) is 17.0. The lowest BCUT2D eigenvalue weighted by Gasteiger charge is -2.56. The molecular formula is C22H28O4S. The summed E-state index contributed by atoms with van der Waals surface area (Å²) in [5.74, 6) is 1.71. The van der Waals surface area contributed by atoms with Crippen molar-refractivity contribution >= 4 is 28.9 Å². The Hall–Kier alpha value is -1.49. The average molecular weight is 389 g/mol. The Morgan fingerprint density at radius 2 is 1.67 bits per heavy atom. The van der Waals surface area contributed by atoms with Crippen molar-refractivity contribution < 1.29 is 19.1 Å². The van der Waals surface area contributed by atoms with Crippen LogP contribution in [0, 0.1) is 30.1 Å². The first-order chi connectivity index (χ1) is 12.8. The summed E-state index contributed by atoms with van der Waals surface area (Å²) in [5.41, 5.74) is -0.251. The highest BCUT2D eigenvalue weighted by atomic mass is 32.1. The van der Waals surface area contributed by atoms with Crippen LogP contribution < -0.4 is 0 Å². The van der Waals surface area contributed by atoms with E-state index in [1.807, 2.05) is 13.0 Å². The van der Waals surface area contributed by atoms with Crippen molar-refractivity contribution in [2.75, 3.05) is 0 Å². The molecule has 4 aliphatic carbocycles. The molecule has 0 spiro atoms. The van der Waals surface area contributed by atoms with Gasteiger partial charge in [-0.25, -0.2) is 0 Å². The van der Waals surface area contributed by atoms with E-state index < -0.39 is 12.1 Å². The maximum absolute atomic E-state index is 13.2. The normalized spacial score (nSPS) is 32.3. The molecule has 146 valence electrons. The Bertz CT molecular complexity index is 727. The van der Waals surface area contributed by atoms with Crippen LogP contribution in [0.5, 0.6) is 0 Å². The summed E-state index contributed by atoms with van der Waals surface area (Å²) in [4.78, 5) is 39.3. The van der Waals surface area contributed by atoms with E-state index in [0.717, 1.165) is 24.1 Å². The predicted molar refractivity (Wildman–Crippen MR) is 104 cm³/mol. The van der Waals surface area contributed by atoms with Crippen LogP contribution in [-0.2, 0) is 14.3 Å². The topological polar surface area (TPSA) is 60.4 Å². The van der Waals surface area contributed by atoms with E-state index in [9.17, 15) is 14.4 Å². The summed E-state index contributed by atoms with van der Waals surface area (Å²) in [6.45, 7) is 3.66. The molecule has 1 heterocycles. The van der Waals surface area contributed by atoms with E-state index in [-0.39, 0.29) is 29.8 Å². The first-order valence-electron chi connectivity index (χ1n) is 10.2. The van der Waals surface area contributed by atoms with Crippen LogP contribution in [0.25, 0.3) is 0 Å². The molecule has 4 aliphatic rings. The second kappa shape index (κ2) is 7.16. The standard InChI is InChI=1S/C22H28O4S/c1-13-3-5-19(27-13)18(23)4-6-20(24)26-14(2)21(25)22-10-15-7-16(11-22)9-17(8-15)12-22/h3,5,14-17H,4,6-12H2,1-2H3/t14-,15?,16?,17?,22?/m1/s1. The molecule has 5 heteroatoms. The van der Waals surface area contributed by atoms with E-state index in [2.05, 4.69) is 0 Å². The van der Waals surface area contributed by atoms with Gasteiger partial charge in [0.1, 0.15) is 0 Å². The second-order valence-electron chi connectivity index (χ2n) is 9.03. The quantitative estimate of drug-likeness (QED) is 0.500. The van der Waals surface area contributed by atoms with Crippen molar-refractivity contribution in [3.63, 3.8) is 0 Å². The smallest absolute Gasteiger partial charge is 0.306 e. The number of hydrogen-bond donors (Lipinski definition) is 0. The lowest BCUT2D eigenvalue weighted by molar-refractivity contribution is -0.164. The van der Waals surface area contributed by atoms with Gasteiger partial charge in [-0.3, -0.25) is 14.4 Å². The predicted octanol–water partition coefficient (Wildman–Crippen LogP) is 4.74. The minimum Gasteiger partial charge on any atom is -0.455 e. The Labute approximate surface area is 164 Å². The third kappa shape index (κ3) is 3.75. The van der Waals surface area contributed by atoms with Crippen LogP contribution in [0.3, 0.4) is 0 Å². The molecule has 1 aromatic rings. The molecule has 1 aromatic heterocycles. The number of esters is 1. The van der Waals surface area contributed by atoms with Gasteiger partial charge in [0, 0.05) is 16.7 Å². The van der Waals surface area contributed by atoms with Gasteiger partial charge in [-0.1, -0.05) is 0 Å². The molecule has 4 saturated carbocycles. The van der Waals surface area contributed by atoms with Gasteiger partial charge in [0.2, 0.25) is 0 Å². The molecule has 0 aromatic carbocycles. The highest BCUT2D eigenvalue weighted by Crippen LogP contribution is 2.60. The highest BCUT2D eigenvalue weighted by molar-refractivity contribution is 7.14. The molecule has 4 bridgehead atoms. The molecule has 0 radical (unpaired) electrons. The van der Waals surface area contributed by atoms with Gasteiger partial charge < -0.3 is 4.74 Å². The van der Waals surface area contributed by atoms with Gasteiger partial charge in [-0.05, 0) is 82.3 Å². The Kier molecular flexibility index (Phi) is 5.00. The minimum atomic E-state index is -0.701. The van der Waals surface area contributed by atoms with Gasteiger partial charge in [0.15, 0.2) is 17.7 Å². The van der Waals surface area contributed by atoms with Crippen LogP contribution in [0.15, 0.2) is 12.1 Å². The van der Waals surface area contributed by atoms with E-state index >= 15 is 0 Å². The fourth-order valence-corrected chi connectivity index (χ4v) is 6.91. The van der Waals surface area contributed by atoms with Gasteiger partial charge in [-0.15, -0.1) is 11.3 Å². The number of ether oxygens (including phenoxy) is 1. The lowest BCUT2D eigenvalue weighted by atomic mass is 9.48. The minimum absolute atomic E-state index is 0.0360. The lowest BCUT2D eigenvalue weighted by Crippen LogP contribution is -2.52. The van der Waals surface area contributed by atoms with Gasteiger partial charge in [-0.2, -0.15) is 0 Å². The third-order valence-corrected chi connectivity index (χ3v) is 7.85. The van der Waals surface area contributed by atoms with E-state index in [0.29, 0.717) is 22.6 Å². The Morgan fingerprint density at radius 1 is 1.07 bits per heavy atom. The number of hydrogen-bond acceptors (Lipinski definition) is 5. The van der Waals surface area contributed by atoms with Crippen molar-refractivity contribution in [3.8, 4) is 0 Å². The maximum Gasteiger partial charge on any atom is 0.306 e. The SMILES string of the molecule is Cc1ccc(C(=O)CCC(=O)O[C@H](C)C(=O)C23CC4CC(CC(C4)C2)C3)s1. The second-order valence-corrected chi connectivity index (χ2v) is 10.3. The summed E-state index contributed by atoms with van der Waals surface area (Å²) in [5, 5.41) is 0. The van der Waals surface area contributed by atoms with E-state index in [4.69, 9.17) is 4.74 Å². The fraction of sp³-hybridized carbons (Fsp3) is 0.682. The Balaban J connectivity index is 1.31. The molecule has 0 N–H and O–H groups in total. The molecule has 27 heavy (non-hydrogen) atoms. The number of thiophene rings is 1. The van der Waals surface area contributed by atoms with Crippen molar-refractivity contribution in [3.05, 3.63) is 21.9 Å². The van der Waals surface area contributed by atoms with Crippen LogP contribution in [0.4, 0.5) is 0 Å². The van der Waals surface area contributed by atoms with Gasteiger partial charge in [0.25, 0.3) is 0 Å². The number of Topliss-reactive ketones (excluding diaryl/α,β-unsaturated/α-hetero) is 2. The van der Waals surface area contributed by atoms with Crippen molar-refractivity contribution in [2.45, 2.75) is 71.3 Å². The molecule has 0 aliphatic heterocycles. The third-order valence-electron chi connectivity index (χ3n) is 6.81. The van der Waals surface area contributed by atoms with E-state index in [1.54, 1.807) is 13.0 Å². The van der Waals surface area contributed by atoms with Crippen molar-refractivity contribution in [1.82, 2.24) is 0 Å². The van der Waals surface area contributed by atoms with Gasteiger partial charge >= 0.3 is 5.97 Å². The molecule has 0 saturated heterocycles. The first kappa shape index (κ1) is 18.9. The molecule has 1 atom stereocenters. The largest absolute Gasteiger partial charge is 0.455 e. The zero-order chi connectivity index (χ0) is 19.2. The van der Waals surface area contributed by atoms with Crippen molar-refractivity contribution in [2.24, 2.45) is 23.2 Å². The molecule has 0 unspecified atom stereocenters. The zero-order valence-electron chi connectivity index (χ0n) is 16.2. The summed E-state index contributed by atoms with van der Waals surface area (Å²) in [7, 11) is 0. The molecular weight excluding hydrogens is 360 g/mol. The molecule has 0 amide bonds. The number of carbonyl (C=O) groups excluding carboxylic acids is 3. The van der Waals surface area contributed by atoms with Crippen LogP contribution in [-0.4, -0.2) is 23.6 Å². The molecule has 4 fully saturated rings. The number of rotatable bonds is 7.